The van der Waals surface area contributed by atoms with Crippen LogP contribution < -0.4 is 5.32 Å². The molecule has 26 heavy (non-hydrogen) atoms. The number of nitrogens with one attached hydrogen (secondary N) is 1. The molecule has 0 spiro atoms. The lowest BCUT2D eigenvalue weighted by Gasteiger charge is -2.12. The van der Waals surface area contributed by atoms with E-state index in [1.165, 1.54) is 0 Å². The summed E-state index contributed by atoms with van der Waals surface area (Å²) < 4.78 is 0.915. The molecule has 5 nitrogen and oxygen atoms in total. The first-order chi connectivity index (χ1) is 12.5. The number of carbonyl (C=O) groups excluding carboxylic acids is 3. The highest BCUT2D eigenvalue weighted by molar-refractivity contribution is 9.10. The van der Waals surface area contributed by atoms with Crippen LogP contribution in [-0.4, -0.2) is 28.5 Å². The van der Waals surface area contributed by atoms with Gasteiger partial charge in [0.2, 0.25) is 5.91 Å². The van der Waals surface area contributed by atoms with Crippen LogP contribution in [0, 0.1) is 0 Å². The van der Waals surface area contributed by atoms with Crippen molar-refractivity contribution in [3.63, 3.8) is 0 Å². The summed E-state index contributed by atoms with van der Waals surface area (Å²) in [5.74, 6) is -0.612. The highest BCUT2D eigenvalue weighted by Gasteiger charge is 2.34. The molecule has 1 heterocycles. The summed E-state index contributed by atoms with van der Waals surface area (Å²) in [6, 6.07) is 16.5. The molecule has 1 aliphatic rings. The fourth-order valence-electron chi connectivity index (χ4n) is 2.36. The van der Waals surface area contributed by atoms with E-state index in [2.05, 4.69) is 21.2 Å². The average molecular weight is 431 g/mol. The van der Waals surface area contributed by atoms with Crippen LogP contribution in [0.2, 0.25) is 0 Å². The van der Waals surface area contributed by atoms with Gasteiger partial charge in [-0.2, -0.15) is 0 Å². The Kier molecular flexibility index (Phi) is 5.90. The van der Waals surface area contributed by atoms with Gasteiger partial charge in [-0.15, -0.1) is 0 Å². The van der Waals surface area contributed by atoms with Gasteiger partial charge in [-0.1, -0.05) is 46.3 Å². The lowest BCUT2D eigenvalue weighted by Crippen LogP contribution is -2.31. The molecular formula is C19H15BrN2O3S. The van der Waals surface area contributed by atoms with Crippen molar-refractivity contribution in [2.45, 2.75) is 6.42 Å². The number of nitrogens with zero attached hydrogens (tertiary/aromatic N) is 1. The Labute approximate surface area is 163 Å². The summed E-state index contributed by atoms with van der Waals surface area (Å²) in [5.41, 5.74) is 1.52. The Hall–Kier alpha value is -2.38. The van der Waals surface area contributed by atoms with Gasteiger partial charge in [0, 0.05) is 23.1 Å². The molecule has 1 N–H and O–H groups in total. The molecule has 0 radical (unpaired) electrons. The van der Waals surface area contributed by atoms with Crippen LogP contribution in [0.4, 0.5) is 10.5 Å². The zero-order valence-corrected chi connectivity index (χ0v) is 16.0. The molecule has 2 aromatic carbocycles. The first kappa shape index (κ1) is 18.4. The Morgan fingerprint density at radius 3 is 2.46 bits per heavy atom. The van der Waals surface area contributed by atoms with Crippen molar-refractivity contribution >= 4 is 56.5 Å². The van der Waals surface area contributed by atoms with Gasteiger partial charge < -0.3 is 5.32 Å². The van der Waals surface area contributed by atoms with E-state index in [-0.39, 0.29) is 30.0 Å². The standard InChI is InChI=1S/C19H15BrN2O3S/c20-14-6-8-15(9-7-14)21-17(23)10-11-22-18(24)16(26-19(22)25)12-13-4-2-1-3-5-13/h1-9,12H,10-11H2,(H,21,23)/b16-12-. The second-order valence-electron chi connectivity index (χ2n) is 5.55. The number of amides is 3. The molecule has 1 aliphatic heterocycles. The molecule has 3 amide bonds. The fraction of sp³-hybridized carbons (Fsp3) is 0.105. The number of thioether (sulfide) groups is 1. The van der Waals surface area contributed by atoms with E-state index in [0.29, 0.717) is 10.6 Å². The third kappa shape index (κ3) is 4.62. The molecule has 2 aromatic rings. The van der Waals surface area contributed by atoms with Crippen molar-refractivity contribution in [2.24, 2.45) is 0 Å². The van der Waals surface area contributed by atoms with E-state index in [4.69, 9.17) is 0 Å². The van der Waals surface area contributed by atoms with E-state index in [9.17, 15) is 14.4 Å². The Morgan fingerprint density at radius 2 is 1.77 bits per heavy atom. The maximum absolute atomic E-state index is 12.4. The first-order valence-corrected chi connectivity index (χ1v) is 9.50. The van der Waals surface area contributed by atoms with E-state index in [1.807, 2.05) is 42.5 Å². The Bertz CT molecular complexity index is 866. The molecule has 1 saturated heterocycles. The van der Waals surface area contributed by atoms with Crippen LogP contribution in [0.5, 0.6) is 0 Å². The van der Waals surface area contributed by atoms with Gasteiger partial charge in [0.15, 0.2) is 0 Å². The lowest BCUT2D eigenvalue weighted by molar-refractivity contribution is -0.123. The van der Waals surface area contributed by atoms with Gasteiger partial charge in [-0.05, 0) is 47.7 Å². The minimum atomic E-state index is -0.361. The normalized spacial score (nSPS) is 15.6. The topological polar surface area (TPSA) is 66.5 Å². The van der Waals surface area contributed by atoms with Crippen LogP contribution in [0.1, 0.15) is 12.0 Å². The zero-order chi connectivity index (χ0) is 18.5. The quantitative estimate of drug-likeness (QED) is 0.708. The summed E-state index contributed by atoms with van der Waals surface area (Å²) in [4.78, 5) is 38.0. The van der Waals surface area contributed by atoms with Gasteiger partial charge in [-0.3, -0.25) is 19.3 Å². The third-order valence-electron chi connectivity index (χ3n) is 3.66. The van der Waals surface area contributed by atoms with Crippen molar-refractivity contribution in [1.29, 1.82) is 0 Å². The van der Waals surface area contributed by atoms with Gasteiger partial charge in [0.1, 0.15) is 0 Å². The van der Waals surface area contributed by atoms with Crippen molar-refractivity contribution < 1.29 is 14.4 Å². The summed E-state index contributed by atoms with van der Waals surface area (Å²) in [7, 11) is 0. The Morgan fingerprint density at radius 1 is 1.08 bits per heavy atom. The number of carbonyl (C=O) groups is 3. The first-order valence-electron chi connectivity index (χ1n) is 7.89. The smallest absolute Gasteiger partial charge is 0.293 e. The zero-order valence-electron chi connectivity index (χ0n) is 13.6. The molecule has 7 heteroatoms. The summed E-state index contributed by atoms with van der Waals surface area (Å²) in [5, 5.41) is 2.39. The molecule has 0 bridgehead atoms. The molecule has 132 valence electrons. The van der Waals surface area contributed by atoms with Crippen LogP contribution >= 0.6 is 27.7 Å². The van der Waals surface area contributed by atoms with E-state index < -0.39 is 0 Å². The summed E-state index contributed by atoms with van der Waals surface area (Å²) >= 11 is 4.22. The lowest BCUT2D eigenvalue weighted by atomic mass is 10.2. The van der Waals surface area contributed by atoms with E-state index in [0.717, 1.165) is 26.7 Å². The number of rotatable bonds is 5. The van der Waals surface area contributed by atoms with E-state index in [1.54, 1.807) is 18.2 Å². The average Bonchev–Trinajstić information content (AvgIpc) is 2.89. The minimum absolute atomic E-state index is 0.0483. The fourth-order valence-corrected chi connectivity index (χ4v) is 3.49. The number of halogens is 1. The van der Waals surface area contributed by atoms with Gasteiger partial charge in [-0.25, -0.2) is 0 Å². The van der Waals surface area contributed by atoms with Crippen LogP contribution in [0.15, 0.2) is 64.0 Å². The molecule has 0 aliphatic carbocycles. The predicted octanol–water partition coefficient (Wildman–Crippen LogP) is 4.51. The van der Waals surface area contributed by atoms with E-state index >= 15 is 0 Å². The summed E-state index contributed by atoms with van der Waals surface area (Å²) in [6.07, 6.45) is 1.74. The molecule has 1 fully saturated rings. The predicted molar refractivity (Wildman–Crippen MR) is 107 cm³/mol. The van der Waals surface area contributed by atoms with Crippen molar-refractivity contribution in [3.8, 4) is 0 Å². The number of hydrogen-bond acceptors (Lipinski definition) is 4. The van der Waals surface area contributed by atoms with Crippen molar-refractivity contribution in [2.75, 3.05) is 11.9 Å². The summed E-state index contributed by atoms with van der Waals surface area (Å²) in [6.45, 7) is 0.0547. The van der Waals surface area contributed by atoms with Gasteiger partial charge in [0.25, 0.3) is 11.1 Å². The molecule has 0 atom stereocenters. The monoisotopic (exact) mass is 430 g/mol. The Balaban J connectivity index is 1.58. The highest BCUT2D eigenvalue weighted by atomic mass is 79.9. The van der Waals surface area contributed by atoms with Gasteiger partial charge >= 0.3 is 0 Å². The highest BCUT2D eigenvalue weighted by Crippen LogP contribution is 2.32. The van der Waals surface area contributed by atoms with Crippen LogP contribution in [-0.2, 0) is 9.59 Å². The maximum Gasteiger partial charge on any atom is 0.293 e. The van der Waals surface area contributed by atoms with Crippen molar-refractivity contribution in [3.05, 3.63) is 69.5 Å². The minimum Gasteiger partial charge on any atom is -0.326 e. The van der Waals surface area contributed by atoms with Gasteiger partial charge in [0.05, 0.1) is 4.91 Å². The number of benzene rings is 2. The second-order valence-corrected chi connectivity index (χ2v) is 7.46. The van der Waals surface area contributed by atoms with Crippen molar-refractivity contribution in [1.82, 2.24) is 4.90 Å². The molecule has 3 rings (SSSR count). The number of anilines is 1. The largest absolute Gasteiger partial charge is 0.326 e. The molecular weight excluding hydrogens is 416 g/mol. The maximum atomic E-state index is 12.4. The number of hydrogen-bond donors (Lipinski definition) is 1. The van der Waals surface area contributed by atoms with Crippen LogP contribution in [0.25, 0.3) is 6.08 Å². The molecule has 0 aromatic heterocycles. The second kappa shape index (κ2) is 8.33. The SMILES string of the molecule is O=C(CCN1C(=O)S/C(=C\c2ccccc2)C1=O)Nc1ccc(Br)cc1. The molecule has 0 saturated carbocycles. The number of imide groups is 1. The third-order valence-corrected chi connectivity index (χ3v) is 5.10. The molecule has 0 unspecified atom stereocenters. The van der Waals surface area contributed by atoms with Crippen LogP contribution in [0.3, 0.4) is 0 Å².